The van der Waals surface area contributed by atoms with Gasteiger partial charge < -0.3 is 0 Å². The smallest absolute Gasteiger partial charge is 0.0614 e. The van der Waals surface area contributed by atoms with Gasteiger partial charge in [0.15, 0.2) is 0 Å². The van der Waals surface area contributed by atoms with Crippen LogP contribution in [0.1, 0.15) is 38.2 Å². The van der Waals surface area contributed by atoms with Gasteiger partial charge >= 0.3 is 0 Å². The highest BCUT2D eigenvalue weighted by Crippen LogP contribution is 2.26. The summed E-state index contributed by atoms with van der Waals surface area (Å²) in [5.41, 5.74) is 1.29. The average molecular weight is 213 g/mol. The van der Waals surface area contributed by atoms with Gasteiger partial charge in [0.1, 0.15) is 0 Å². The van der Waals surface area contributed by atoms with E-state index in [0.717, 1.165) is 6.42 Å². The summed E-state index contributed by atoms with van der Waals surface area (Å²) in [5.74, 6) is 0. The van der Waals surface area contributed by atoms with Crippen molar-refractivity contribution in [3.8, 4) is 0 Å². The van der Waals surface area contributed by atoms with E-state index in [4.69, 9.17) is 4.99 Å². The lowest BCUT2D eigenvalue weighted by atomic mass is 9.94. The van der Waals surface area contributed by atoms with E-state index >= 15 is 0 Å². The third kappa shape index (κ3) is 3.06. The number of rotatable bonds is 2. The van der Waals surface area contributed by atoms with Crippen LogP contribution < -0.4 is 0 Å². The second-order valence-corrected chi connectivity index (χ2v) is 4.73. The van der Waals surface area contributed by atoms with Crippen LogP contribution in [-0.2, 0) is 0 Å². The summed E-state index contributed by atoms with van der Waals surface area (Å²) in [5, 5.41) is 0. The Morgan fingerprint density at radius 2 is 2.00 bits per heavy atom. The van der Waals surface area contributed by atoms with Crippen LogP contribution in [-0.4, -0.2) is 11.8 Å². The first kappa shape index (κ1) is 11.1. The molecule has 1 aromatic carbocycles. The molecule has 2 rings (SSSR count). The Morgan fingerprint density at radius 1 is 1.19 bits per heavy atom. The molecule has 0 bridgehead atoms. The summed E-state index contributed by atoms with van der Waals surface area (Å²) in [4.78, 5) is 4.77. The molecule has 16 heavy (non-hydrogen) atoms. The molecule has 0 spiro atoms. The van der Waals surface area contributed by atoms with Gasteiger partial charge in [-0.05, 0) is 38.2 Å². The van der Waals surface area contributed by atoms with Crippen LogP contribution in [0.15, 0.2) is 47.5 Å². The predicted octanol–water partition coefficient (Wildman–Crippen LogP) is 3.99. The predicted molar refractivity (Wildman–Crippen MR) is 70.0 cm³/mol. The molecule has 0 aromatic heterocycles. The second-order valence-electron chi connectivity index (χ2n) is 4.73. The van der Waals surface area contributed by atoms with Crippen LogP contribution >= 0.6 is 0 Å². The molecule has 1 atom stereocenters. The van der Waals surface area contributed by atoms with Gasteiger partial charge in [-0.3, -0.25) is 4.99 Å². The summed E-state index contributed by atoms with van der Waals surface area (Å²) < 4.78 is 0. The molecule has 0 amide bonds. The Bertz CT molecular complexity index is 378. The molecule has 0 N–H and O–H groups in total. The molecule has 0 heterocycles. The van der Waals surface area contributed by atoms with Gasteiger partial charge in [0.05, 0.1) is 5.54 Å². The SMILES string of the molecule is CC1(N=Cc2ccccc2)CC=CCCC1. The molecule has 0 saturated heterocycles. The number of nitrogens with zero attached hydrogens (tertiary/aromatic N) is 1. The lowest BCUT2D eigenvalue weighted by Crippen LogP contribution is -2.20. The van der Waals surface area contributed by atoms with E-state index < -0.39 is 0 Å². The second kappa shape index (κ2) is 5.11. The molecular weight excluding hydrogens is 194 g/mol. The van der Waals surface area contributed by atoms with Gasteiger partial charge in [-0.15, -0.1) is 0 Å². The molecule has 0 saturated carbocycles. The molecular formula is C15H19N. The van der Waals surface area contributed by atoms with Gasteiger partial charge in [0, 0.05) is 6.21 Å². The maximum atomic E-state index is 4.77. The topological polar surface area (TPSA) is 12.4 Å². The largest absolute Gasteiger partial charge is 0.286 e. The number of allylic oxidation sites excluding steroid dienone is 1. The van der Waals surface area contributed by atoms with E-state index in [0.29, 0.717) is 0 Å². The molecule has 0 aliphatic heterocycles. The standard InChI is InChI=1S/C15H19N/c1-15(11-7-2-3-8-12-15)16-13-14-9-5-4-6-10-14/h2,4-7,9-10,13H,3,8,11-12H2,1H3. The molecule has 1 nitrogen and oxygen atoms in total. The lowest BCUT2D eigenvalue weighted by Gasteiger charge is -2.22. The Balaban J connectivity index is 2.07. The fourth-order valence-corrected chi connectivity index (χ4v) is 2.04. The van der Waals surface area contributed by atoms with E-state index in [1.54, 1.807) is 0 Å². The highest BCUT2D eigenvalue weighted by atomic mass is 14.8. The molecule has 1 aliphatic rings. The zero-order valence-corrected chi connectivity index (χ0v) is 9.89. The van der Waals surface area contributed by atoms with Crippen molar-refractivity contribution < 1.29 is 0 Å². The minimum Gasteiger partial charge on any atom is -0.286 e. The summed E-state index contributed by atoms with van der Waals surface area (Å²) in [7, 11) is 0. The van der Waals surface area contributed by atoms with Crippen molar-refractivity contribution in [2.45, 2.75) is 38.1 Å². The Hall–Kier alpha value is -1.37. The normalized spacial score (nSPS) is 25.8. The summed E-state index contributed by atoms with van der Waals surface area (Å²) in [6, 6.07) is 10.3. The highest BCUT2D eigenvalue weighted by Gasteiger charge is 2.21. The number of benzene rings is 1. The Morgan fingerprint density at radius 3 is 2.81 bits per heavy atom. The van der Waals surface area contributed by atoms with E-state index in [2.05, 4.69) is 43.3 Å². The van der Waals surface area contributed by atoms with Crippen molar-refractivity contribution in [3.63, 3.8) is 0 Å². The first-order chi connectivity index (χ1) is 7.79. The first-order valence-electron chi connectivity index (χ1n) is 6.04. The van der Waals surface area contributed by atoms with Crippen molar-refractivity contribution in [1.82, 2.24) is 0 Å². The van der Waals surface area contributed by atoms with Crippen molar-refractivity contribution in [2.24, 2.45) is 4.99 Å². The van der Waals surface area contributed by atoms with Gasteiger partial charge in [-0.25, -0.2) is 0 Å². The molecule has 0 radical (unpaired) electrons. The zero-order chi connectivity index (χ0) is 11.3. The maximum Gasteiger partial charge on any atom is 0.0614 e. The molecule has 0 fully saturated rings. The Kier molecular flexibility index (Phi) is 3.55. The van der Waals surface area contributed by atoms with E-state index in [-0.39, 0.29) is 5.54 Å². The fourth-order valence-electron chi connectivity index (χ4n) is 2.04. The lowest BCUT2D eigenvalue weighted by molar-refractivity contribution is 0.439. The number of hydrogen-bond acceptors (Lipinski definition) is 1. The van der Waals surface area contributed by atoms with Crippen molar-refractivity contribution in [3.05, 3.63) is 48.0 Å². The van der Waals surface area contributed by atoms with E-state index in [1.807, 2.05) is 12.3 Å². The highest BCUT2D eigenvalue weighted by molar-refractivity contribution is 5.79. The average Bonchev–Trinajstić information content (AvgIpc) is 2.54. The third-order valence-corrected chi connectivity index (χ3v) is 3.14. The zero-order valence-electron chi connectivity index (χ0n) is 9.89. The maximum absolute atomic E-state index is 4.77. The quantitative estimate of drug-likeness (QED) is 0.520. The number of hydrogen-bond donors (Lipinski definition) is 0. The molecule has 1 aromatic rings. The molecule has 84 valence electrons. The fraction of sp³-hybridized carbons (Fsp3) is 0.400. The van der Waals surface area contributed by atoms with Gasteiger partial charge in [-0.2, -0.15) is 0 Å². The summed E-state index contributed by atoms with van der Waals surface area (Å²) in [6.45, 7) is 2.25. The van der Waals surface area contributed by atoms with Crippen LogP contribution in [0.5, 0.6) is 0 Å². The Labute approximate surface area is 97.9 Å². The molecule has 1 unspecified atom stereocenters. The van der Waals surface area contributed by atoms with E-state index in [1.165, 1.54) is 24.8 Å². The minimum absolute atomic E-state index is 0.100. The van der Waals surface area contributed by atoms with E-state index in [9.17, 15) is 0 Å². The molecule has 1 heteroatoms. The van der Waals surface area contributed by atoms with Crippen LogP contribution in [0.2, 0.25) is 0 Å². The summed E-state index contributed by atoms with van der Waals surface area (Å²) in [6.07, 6.45) is 11.3. The third-order valence-electron chi connectivity index (χ3n) is 3.14. The van der Waals surface area contributed by atoms with Crippen molar-refractivity contribution in [2.75, 3.05) is 0 Å². The number of aliphatic imine (C=N–C) groups is 1. The van der Waals surface area contributed by atoms with Crippen molar-refractivity contribution in [1.29, 1.82) is 0 Å². The first-order valence-corrected chi connectivity index (χ1v) is 6.04. The van der Waals surface area contributed by atoms with Crippen LogP contribution in [0.3, 0.4) is 0 Å². The minimum atomic E-state index is 0.100. The van der Waals surface area contributed by atoms with Gasteiger partial charge in [-0.1, -0.05) is 42.5 Å². The van der Waals surface area contributed by atoms with Gasteiger partial charge in [0.25, 0.3) is 0 Å². The monoisotopic (exact) mass is 213 g/mol. The van der Waals surface area contributed by atoms with Gasteiger partial charge in [0.2, 0.25) is 0 Å². The van der Waals surface area contributed by atoms with Crippen molar-refractivity contribution >= 4 is 6.21 Å². The van der Waals surface area contributed by atoms with Crippen LogP contribution in [0.4, 0.5) is 0 Å². The molecule has 1 aliphatic carbocycles. The summed E-state index contributed by atoms with van der Waals surface area (Å²) >= 11 is 0. The van der Waals surface area contributed by atoms with Crippen LogP contribution in [0.25, 0.3) is 0 Å². The van der Waals surface area contributed by atoms with Crippen LogP contribution in [0, 0.1) is 0 Å².